The molecular weight excluding hydrogens is 382 g/mol. The van der Waals surface area contributed by atoms with Crippen LogP contribution in [0.2, 0.25) is 5.02 Å². The average Bonchev–Trinajstić information content (AvgIpc) is 3.00. The highest BCUT2D eigenvalue weighted by molar-refractivity contribution is 6.31. The van der Waals surface area contributed by atoms with Gasteiger partial charge < -0.3 is 0 Å². The Morgan fingerprint density at radius 1 is 0.828 bits per heavy atom. The van der Waals surface area contributed by atoms with Crippen molar-refractivity contribution in [3.8, 4) is 0 Å². The van der Waals surface area contributed by atoms with E-state index in [1.165, 1.54) is 27.2 Å². The summed E-state index contributed by atoms with van der Waals surface area (Å²) < 4.78 is 0. The van der Waals surface area contributed by atoms with Crippen LogP contribution in [-0.4, -0.2) is 11.8 Å². The van der Waals surface area contributed by atoms with Gasteiger partial charge in [-0.1, -0.05) is 73.1 Å². The highest BCUT2D eigenvalue weighted by atomic mass is 35.5. The fourth-order valence-corrected chi connectivity index (χ4v) is 6.21. The van der Waals surface area contributed by atoms with Gasteiger partial charge in [0.15, 0.2) is 0 Å². The molecule has 142 valence electrons. The fourth-order valence-electron chi connectivity index (χ4n) is 6.02. The van der Waals surface area contributed by atoms with E-state index in [0.717, 1.165) is 0 Å². The Morgan fingerprint density at radius 3 is 2.07 bits per heavy atom. The number of nitrogens with zero attached hydrogens (tertiary/aromatic N) is 1. The minimum Gasteiger partial charge on any atom is -0.274 e. The van der Waals surface area contributed by atoms with Gasteiger partial charge in [-0.3, -0.25) is 9.59 Å². The first kappa shape index (κ1) is 17.0. The molecular formula is C25H18ClNO2. The van der Waals surface area contributed by atoms with Crippen molar-refractivity contribution >= 4 is 29.1 Å². The maximum atomic E-state index is 13.7. The number of rotatable bonds is 1. The molecule has 3 aromatic rings. The van der Waals surface area contributed by atoms with Crippen LogP contribution in [0.4, 0.5) is 5.69 Å². The van der Waals surface area contributed by atoms with E-state index in [1.807, 2.05) is 24.3 Å². The normalized spacial score (nSPS) is 28.9. The third kappa shape index (κ3) is 1.94. The molecule has 0 radical (unpaired) electrons. The first-order valence-electron chi connectivity index (χ1n) is 9.85. The van der Waals surface area contributed by atoms with Crippen molar-refractivity contribution in [2.45, 2.75) is 18.3 Å². The fraction of sp³-hybridized carbons (Fsp3) is 0.200. The predicted molar refractivity (Wildman–Crippen MR) is 112 cm³/mol. The van der Waals surface area contributed by atoms with Crippen molar-refractivity contribution in [1.82, 2.24) is 0 Å². The van der Waals surface area contributed by atoms with Crippen LogP contribution in [0.5, 0.6) is 0 Å². The van der Waals surface area contributed by atoms with E-state index in [1.54, 1.807) is 24.3 Å². The Hall–Kier alpha value is -2.91. The molecule has 4 heteroatoms. The third-order valence-corrected chi connectivity index (χ3v) is 7.34. The van der Waals surface area contributed by atoms with E-state index in [0.29, 0.717) is 10.7 Å². The monoisotopic (exact) mass is 399 g/mol. The summed E-state index contributed by atoms with van der Waals surface area (Å²) in [5.41, 5.74) is 4.69. The minimum absolute atomic E-state index is 0.102. The van der Waals surface area contributed by atoms with Gasteiger partial charge in [0, 0.05) is 16.4 Å². The summed E-state index contributed by atoms with van der Waals surface area (Å²) in [4.78, 5) is 28.8. The average molecular weight is 400 g/mol. The highest BCUT2D eigenvalue weighted by Crippen LogP contribution is 2.64. The Morgan fingerprint density at radius 2 is 1.45 bits per heavy atom. The van der Waals surface area contributed by atoms with Crippen LogP contribution >= 0.6 is 11.6 Å². The van der Waals surface area contributed by atoms with Gasteiger partial charge in [0.05, 0.1) is 17.5 Å². The van der Waals surface area contributed by atoms with E-state index in [-0.39, 0.29) is 17.7 Å². The van der Waals surface area contributed by atoms with Crippen LogP contribution in [0.3, 0.4) is 0 Å². The van der Waals surface area contributed by atoms with Crippen LogP contribution < -0.4 is 4.90 Å². The highest BCUT2D eigenvalue weighted by Gasteiger charge is 2.66. The van der Waals surface area contributed by atoms with Crippen LogP contribution in [0.15, 0.2) is 72.8 Å². The smallest absolute Gasteiger partial charge is 0.238 e. The van der Waals surface area contributed by atoms with E-state index >= 15 is 0 Å². The lowest BCUT2D eigenvalue weighted by Gasteiger charge is -2.52. The number of carbonyl (C=O) groups is 2. The molecule has 1 saturated heterocycles. The third-order valence-electron chi connectivity index (χ3n) is 7.11. The van der Waals surface area contributed by atoms with Crippen molar-refractivity contribution < 1.29 is 9.59 Å². The molecule has 0 spiro atoms. The van der Waals surface area contributed by atoms with Gasteiger partial charge in [0.1, 0.15) is 0 Å². The predicted octanol–water partition coefficient (Wildman–Crippen LogP) is 4.91. The largest absolute Gasteiger partial charge is 0.274 e. The molecule has 1 aliphatic heterocycles. The molecule has 1 heterocycles. The molecule has 2 atom stereocenters. The van der Waals surface area contributed by atoms with Crippen LogP contribution in [0.1, 0.15) is 35.1 Å². The number of hydrogen-bond donors (Lipinski definition) is 0. The molecule has 4 aliphatic rings. The number of imide groups is 1. The summed E-state index contributed by atoms with van der Waals surface area (Å²) in [7, 11) is 0. The van der Waals surface area contributed by atoms with Crippen LogP contribution in [-0.2, 0) is 15.0 Å². The quantitative estimate of drug-likeness (QED) is 0.545. The van der Waals surface area contributed by atoms with Crippen molar-refractivity contribution in [1.29, 1.82) is 0 Å². The first-order chi connectivity index (χ1) is 14.0. The van der Waals surface area contributed by atoms with Crippen molar-refractivity contribution in [3.63, 3.8) is 0 Å². The van der Waals surface area contributed by atoms with Crippen LogP contribution in [0.25, 0.3) is 0 Å². The Balaban J connectivity index is 1.63. The molecule has 0 N–H and O–H groups in total. The molecule has 0 unspecified atom stereocenters. The second kappa shape index (κ2) is 5.58. The molecule has 0 aromatic heterocycles. The summed E-state index contributed by atoms with van der Waals surface area (Å²) in [5.74, 6) is -1.16. The molecule has 2 bridgehead atoms. The van der Waals surface area contributed by atoms with Gasteiger partial charge in [0.25, 0.3) is 0 Å². The SMILES string of the molecule is CC12c3ccccc3C(c3ccccc31)[C@@H]1C(=O)N(c3cccc(Cl)c3)C(=O)[C@@H]12. The van der Waals surface area contributed by atoms with Crippen LogP contribution in [0, 0.1) is 11.8 Å². The van der Waals surface area contributed by atoms with E-state index in [2.05, 4.69) is 31.2 Å². The molecule has 0 saturated carbocycles. The van der Waals surface area contributed by atoms with Gasteiger partial charge in [-0.15, -0.1) is 0 Å². The molecule has 3 nitrogen and oxygen atoms in total. The van der Waals surface area contributed by atoms with Gasteiger partial charge in [-0.25, -0.2) is 4.90 Å². The number of anilines is 1. The molecule has 1 fully saturated rings. The summed E-state index contributed by atoms with van der Waals surface area (Å²) >= 11 is 6.17. The molecule has 7 rings (SSSR count). The number of amides is 2. The van der Waals surface area contributed by atoms with Gasteiger partial charge in [0.2, 0.25) is 11.8 Å². The van der Waals surface area contributed by atoms with Gasteiger partial charge >= 0.3 is 0 Å². The topological polar surface area (TPSA) is 37.4 Å². The Labute approximate surface area is 173 Å². The lowest BCUT2D eigenvalue weighted by Crippen LogP contribution is -2.51. The maximum absolute atomic E-state index is 13.7. The van der Waals surface area contributed by atoms with E-state index < -0.39 is 17.3 Å². The molecule has 2 amide bonds. The van der Waals surface area contributed by atoms with E-state index in [4.69, 9.17) is 11.6 Å². The summed E-state index contributed by atoms with van der Waals surface area (Å²) in [5, 5.41) is 0.513. The Bertz CT molecular complexity index is 1170. The molecule has 3 aliphatic carbocycles. The number of hydrogen-bond acceptors (Lipinski definition) is 2. The Kier molecular flexibility index (Phi) is 3.27. The second-order valence-electron chi connectivity index (χ2n) is 8.35. The first-order valence-corrected chi connectivity index (χ1v) is 10.2. The van der Waals surface area contributed by atoms with Crippen molar-refractivity contribution in [2.75, 3.05) is 4.90 Å². The zero-order valence-corrected chi connectivity index (χ0v) is 16.6. The summed E-state index contributed by atoms with van der Waals surface area (Å²) in [6.07, 6.45) is 0. The zero-order valence-electron chi connectivity index (χ0n) is 15.8. The van der Waals surface area contributed by atoms with E-state index in [9.17, 15) is 9.59 Å². The van der Waals surface area contributed by atoms with Crippen molar-refractivity contribution in [3.05, 3.63) is 100 Å². The zero-order chi connectivity index (χ0) is 19.9. The van der Waals surface area contributed by atoms with Crippen molar-refractivity contribution in [2.24, 2.45) is 11.8 Å². The molecule has 3 aromatic carbocycles. The maximum Gasteiger partial charge on any atom is 0.238 e. The number of benzene rings is 3. The van der Waals surface area contributed by atoms with Gasteiger partial charge in [-0.2, -0.15) is 0 Å². The molecule has 29 heavy (non-hydrogen) atoms. The number of carbonyl (C=O) groups excluding carboxylic acids is 2. The number of halogens is 1. The minimum atomic E-state index is -0.535. The lowest BCUT2D eigenvalue weighted by atomic mass is 9.48. The standard InChI is InChI=1S/C25H18ClNO2/c1-25-18-11-4-2-9-16(18)20(17-10-3-5-12-19(17)25)21-22(25)24(29)27(23(21)28)15-8-6-7-14(26)13-15/h2-13,20-22H,1H3/t20?,21-,22+,25?/m0/s1. The summed E-state index contributed by atoms with van der Waals surface area (Å²) in [6, 6.07) is 23.6. The summed E-state index contributed by atoms with van der Waals surface area (Å²) in [6.45, 7) is 2.13. The second-order valence-corrected chi connectivity index (χ2v) is 8.79. The van der Waals surface area contributed by atoms with Gasteiger partial charge in [-0.05, 0) is 40.5 Å². The lowest BCUT2D eigenvalue weighted by molar-refractivity contribution is -0.123.